The third-order valence-electron chi connectivity index (χ3n) is 8.17. The molecule has 0 spiro atoms. The minimum absolute atomic E-state index is 0.187. The highest BCUT2D eigenvalue weighted by molar-refractivity contribution is 6.19. The standard InChI is InChI=1S/C37H31N.C2H6.C2H4.CH5N/c1-2-3-12-28(25-38-35-19-9-7-13-26(35)21-22-27-14-8-10-20-36(27)38)29-23-24-34-31-16-6-4-5-15-30(31)33-18-11-17-32(29)37(33)34;3*1-2/h2,5-11,13-21,23-25,35H,1,3-4,12,22H2;1-2H3;1-2H2;2H2,1H3/b28-25+;;;. The molecule has 0 radical (unpaired) electrons. The molecule has 0 aromatic heterocycles. The largest absolute Gasteiger partial charge is 0.336 e. The Morgan fingerprint density at radius 1 is 0.886 bits per heavy atom. The fraction of sp³-hybridized carbons (Fsp3) is 0.190. The number of hydrogen-bond donors (Lipinski definition) is 1. The summed E-state index contributed by atoms with van der Waals surface area (Å²) in [5.74, 6) is 0. The van der Waals surface area contributed by atoms with Gasteiger partial charge in [-0.05, 0) is 94.1 Å². The molecule has 3 aliphatic carbocycles. The highest BCUT2D eigenvalue weighted by atomic mass is 15.1. The maximum Gasteiger partial charge on any atom is 0.0770 e. The summed E-state index contributed by atoms with van der Waals surface area (Å²) >= 11 is 0. The van der Waals surface area contributed by atoms with Crippen LogP contribution in [0.5, 0.6) is 0 Å². The summed E-state index contributed by atoms with van der Waals surface area (Å²) in [6.45, 7) is 14.1. The van der Waals surface area contributed by atoms with Crippen LogP contribution in [0.25, 0.3) is 27.5 Å². The lowest BCUT2D eigenvalue weighted by Gasteiger charge is -2.32. The van der Waals surface area contributed by atoms with Crippen molar-refractivity contribution in [3.05, 3.63) is 169 Å². The van der Waals surface area contributed by atoms with Gasteiger partial charge in [-0.1, -0.05) is 123 Å². The monoisotopic (exact) mass is 578 g/mol. The van der Waals surface area contributed by atoms with Gasteiger partial charge in [0.2, 0.25) is 0 Å². The maximum atomic E-state index is 4.50. The molecule has 1 unspecified atom stereocenters. The van der Waals surface area contributed by atoms with E-state index in [1.54, 1.807) is 0 Å². The van der Waals surface area contributed by atoms with Gasteiger partial charge in [0, 0.05) is 11.9 Å². The molecule has 4 aliphatic rings. The molecule has 0 saturated heterocycles. The third kappa shape index (κ3) is 6.18. The molecule has 0 bridgehead atoms. The van der Waals surface area contributed by atoms with Crippen LogP contribution in [-0.4, -0.2) is 13.1 Å². The number of anilines is 1. The van der Waals surface area contributed by atoms with Crippen LogP contribution in [0.4, 0.5) is 5.69 Å². The quantitative estimate of drug-likeness (QED) is 0.305. The Labute approximate surface area is 265 Å². The van der Waals surface area contributed by atoms with Gasteiger partial charge in [-0.15, -0.1) is 19.7 Å². The van der Waals surface area contributed by atoms with Gasteiger partial charge < -0.3 is 10.6 Å². The molecule has 0 fully saturated rings. The SMILES string of the molecule is C=C.C=CCC/C(=C\N1c2ccccc2CC=C2C=CC=CC21)c1ccc2c3c(cccc13)C1=C2C=CCC=C1.CC.CN. The van der Waals surface area contributed by atoms with E-state index in [1.165, 1.54) is 68.1 Å². The summed E-state index contributed by atoms with van der Waals surface area (Å²) in [6.07, 6.45) is 28.8. The summed E-state index contributed by atoms with van der Waals surface area (Å²) in [6, 6.07) is 20.6. The van der Waals surface area contributed by atoms with Crippen molar-refractivity contribution in [3.8, 4) is 0 Å². The number of hydrogen-bond acceptors (Lipinski definition) is 2. The van der Waals surface area contributed by atoms with E-state index in [-0.39, 0.29) is 6.04 Å². The van der Waals surface area contributed by atoms with Crippen LogP contribution in [0.2, 0.25) is 0 Å². The van der Waals surface area contributed by atoms with Crippen molar-refractivity contribution in [2.45, 2.75) is 45.6 Å². The summed E-state index contributed by atoms with van der Waals surface area (Å²) < 4.78 is 0. The van der Waals surface area contributed by atoms with Crippen molar-refractivity contribution < 1.29 is 0 Å². The Morgan fingerprint density at radius 3 is 2.36 bits per heavy atom. The van der Waals surface area contributed by atoms with Gasteiger partial charge in [0.15, 0.2) is 0 Å². The van der Waals surface area contributed by atoms with E-state index in [0.29, 0.717) is 0 Å². The number of allylic oxidation sites excluding steroid dienone is 11. The number of fused-ring (bicyclic) bond motifs is 4. The summed E-state index contributed by atoms with van der Waals surface area (Å²) in [4.78, 5) is 2.49. The van der Waals surface area contributed by atoms with Crippen LogP contribution in [0.1, 0.15) is 55.4 Å². The number of benzene rings is 3. The molecule has 224 valence electrons. The molecule has 1 atom stereocenters. The molecule has 2 nitrogen and oxygen atoms in total. The van der Waals surface area contributed by atoms with Crippen LogP contribution < -0.4 is 10.6 Å². The van der Waals surface area contributed by atoms with E-state index in [2.05, 4.69) is 146 Å². The molecular weight excluding hydrogens is 532 g/mol. The predicted molar refractivity (Wildman–Crippen MR) is 197 cm³/mol. The lowest BCUT2D eigenvalue weighted by atomic mass is 9.91. The second-order valence-corrected chi connectivity index (χ2v) is 10.4. The van der Waals surface area contributed by atoms with E-state index in [9.17, 15) is 0 Å². The van der Waals surface area contributed by atoms with Gasteiger partial charge in [0.25, 0.3) is 0 Å². The highest BCUT2D eigenvalue weighted by Crippen LogP contribution is 2.46. The molecule has 3 aromatic carbocycles. The van der Waals surface area contributed by atoms with E-state index in [4.69, 9.17) is 0 Å². The lowest BCUT2D eigenvalue weighted by molar-refractivity contribution is 0.895. The first-order chi connectivity index (χ1) is 21.8. The second-order valence-electron chi connectivity index (χ2n) is 10.4. The molecule has 1 heterocycles. The Bertz CT molecular complexity index is 1670. The number of rotatable bonds is 5. The topological polar surface area (TPSA) is 29.3 Å². The van der Waals surface area contributed by atoms with Crippen LogP contribution in [0.3, 0.4) is 0 Å². The Morgan fingerprint density at radius 2 is 1.61 bits per heavy atom. The van der Waals surface area contributed by atoms with E-state index in [1.807, 2.05) is 19.9 Å². The van der Waals surface area contributed by atoms with Crippen molar-refractivity contribution in [1.82, 2.24) is 0 Å². The first kappa shape index (κ1) is 32.3. The average molecular weight is 579 g/mol. The molecule has 44 heavy (non-hydrogen) atoms. The number of para-hydroxylation sites is 1. The average Bonchev–Trinajstić information content (AvgIpc) is 3.24. The van der Waals surface area contributed by atoms with Crippen molar-refractivity contribution in [2.75, 3.05) is 11.9 Å². The van der Waals surface area contributed by atoms with Gasteiger partial charge in [0.05, 0.1) is 6.04 Å². The Balaban J connectivity index is 0.000000696. The van der Waals surface area contributed by atoms with Gasteiger partial charge in [-0.2, -0.15) is 0 Å². The fourth-order valence-corrected chi connectivity index (χ4v) is 6.38. The zero-order chi connectivity index (χ0) is 31.5. The van der Waals surface area contributed by atoms with E-state index < -0.39 is 0 Å². The summed E-state index contributed by atoms with van der Waals surface area (Å²) in [5.41, 5.74) is 16.6. The van der Waals surface area contributed by atoms with E-state index >= 15 is 0 Å². The van der Waals surface area contributed by atoms with Gasteiger partial charge in [-0.25, -0.2) is 0 Å². The van der Waals surface area contributed by atoms with Crippen LogP contribution >= 0.6 is 0 Å². The highest BCUT2D eigenvalue weighted by Gasteiger charge is 2.26. The second kappa shape index (κ2) is 15.7. The predicted octanol–water partition coefficient (Wildman–Crippen LogP) is 10.8. The molecular formula is C42H46N2. The third-order valence-corrected chi connectivity index (χ3v) is 8.17. The molecule has 2 N–H and O–H groups in total. The zero-order valence-corrected chi connectivity index (χ0v) is 26.6. The van der Waals surface area contributed by atoms with Crippen LogP contribution in [-0.2, 0) is 6.42 Å². The van der Waals surface area contributed by atoms with Crippen LogP contribution in [0.15, 0.2) is 147 Å². The van der Waals surface area contributed by atoms with Gasteiger partial charge in [0.1, 0.15) is 0 Å². The van der Waals surface area contributed by atoms with Gasteiger partial charge in [-0.3, -0.25) is 0 Å². The maximum absolute atomic E-state index is 4.50. The molecule has 7 rings (SSSR count). The normalized spacial score (nSPS) is 16.9. The lowest BCUT2D eigenvalue weighted by Crippen LogP contribution is -2.31. The number of nitrogens with two attached hydrogens (primary N) is 1. The Kier molecular flexibility index (Phi) is 11.5. The minimum Gasteiger partial charge on any atom is -0.336 e. The fourth-order valence-electron chi connectivity index (χ4n) is 6.38. The molecule has 1 aliphatic heterocycles. The number of nitrogens with zero attached hydrogens (tertiary/aromatic N) is 1. The first-order valence-electron chi connectivity index (χ1n) is 15.8. The Hall–Kier alpha value is -4.66. The first-order valence-corrected chi connectivity index (χ1v) is 15.8. The minimum atomic E-state index is 0.187. The molecule has 0 amide bonds. The van der Waals surface area contributed by atoms with Crippen molar-refractivity contribution in [3.63, 3.8) is 0 Å². The van der Waals surface area contributed by atoms with Crippen molar-refractivity contribution in [2.24, 2.45) is 5.73 Å². The summed E-state index contributed by atoms with van der Waals surface area (Å²) in [5, 5.41) is 2.72. The van der Waals surface area contributed by atoms with Crippen LogP contribution in [0, 0.1) is 0 Å². The summed E-state index contributed by atoms with van der Waals surface area (Å²) in [7, 11) is 1.50. The molecule has 2 heteroatoms. The zero-order valence-electron chi connectivity index (χ0n) is 26.6. The van der Waals surface area contributed by atoms with E-state index in [0.717, 1.165) is 25.7 Å². The molecule has 0 saturated carbocycles. The smallest absolute Gasteiger partial charge is 0.0770 e. The van der Waals surface area contributed by atoms with Crippen molar-refractivity contribution in [1.29, 1.82) is 0 Å². The van der Waals surface area contributed by atoms with Gasteiger partial charge >= 0.3 is 0 Å². The van der Waals surface area contributed by atoms with Crippen molar-refractivity contribution >= 4 is 33.2 Å². The molecule has 3 aromatic rings.